The summed E-state index contributed by atoms with van der Waals surface area (Å²) in [4.78, 5) is 3.95. The van der Waals surface area contributed by atoms with Crippen molar-refractivity contribution in [3.05, 3.63) is 49.4 Å². The minimum Gasteiger partial charge on any atom is -0.347 e. The smallest absolute Gasteiger partial charge is 0.0929 e. The quantitative estimate of drug-likeness (QED) is 0.375. The van der Waals surface area contributed by atoms with Crippen LogP contribution in [-0.4, -0.2) is 6.34 Å². The molecule has 0 aliphatic rings. The van der Waals surface area contributed by atoms with Crippen molar-refractivity contribution in [2.45, 2.75) is 13.3 Å². The first-order chi connectivity index (χ1) is 6.20. The lowest BCUT2D eigenvalue weighted by Gasteiger charge is -1.96. The van der Waals surface area contributed by atoms with Crippen LogP contribution in [0.15, 0.2) is 54.4 Å². The van der Waals surface area contributed by atoms with E-state index in [1.54, 1.807) is 12.4 Å². The van der Waals surface area contributed by atoms with Crippen molar-refractivity contribution in [1.82, 2.24) is 5.32 Å². The molecule has 0 unspecified atom stereocenters. The molecule has 1 N–H and O–H groups in total. The van der Waals surface area contributed by atoms with E-state index in [1.165, 1.54) is 0 Å². The minimum atomic E-state index is 0.625. The van der Waals surface area contributed by atoms with Gasteiger partial charge >= 0.3 is 0 Å². The molecular formula is C11H16N2. The molecular weight excluding hydrogens is 160 g/mol. The summed E-state index contributed by atoms with van der Waals surface area (Å²) >= 11 is 0. The second-order valence-electron chi connectivity index (χ2n) is 2.43. The van der Waals surface area contributed by atoms with Crippen molar-refractivity contribution in [1.29, 1.82) is 0 Å². The van der Waals surface area contributed by atoms with E-state index < -0.39 is 0 Å². The third kappa shape index (κ3) is 6.81. The normalized spacial score (nSPS) is 10.5. The van der Waals surface area contributed by atoms with Crippen molar-refractivity contribution in [2.24, 2.45) is 4.99 Å². The standard InChI is InChI=1S/C11H16N2/c1-5-7-8-11(4)13-9-12-10(3)6-2/h6-9H,2-5H2,1H3,(H,12,13)/b8-7-. The predicted octanol–water partition coefficient (Wildman–Crippen LogP) is 2.78. The molecule has 0 saturated carbocycles. The number of rotatable bonds is 6. The average Bonchev–Trinajstić information content (AvgIpc) is 2.14. The zero-order valence-corrected chi connectivity index (χ0v) is 8.09. The molecule has 0 spiro atoms. The number of hydrogen-bond donors (Lipinski definition) is 1. The van der Waals surface area contributed by atoms with E-state index in [0.717, 1.165) is 12.1 Å². The summed E-state index contributed by atoms with van der Waals surface area (Å²) in [7, 11) is 0. The lowest BCUT2D eigenvalue weighted by atomic mass is 10.3. The Balaban J connectivity index is 3.82. The first kappa shape index (κ1) is 11.4. The molecule has 0 aromatic rings. The minimum absolute atomic E-state index is 0.625. The van der Waals surface area contributed by atoms with Gasteiger partial charge in [0.1, 0.15) is 0 Å². The molecule has 0 atom stereocenters. The molecule has 2 heteroatoms. The second-order valence-corrected chi connectivity index (χ2v) is 2.43. The fraction of sp³-hybridized carbons (Fsp3) is 0.182. The van der Waals surface area contributed by atoms with E-state index in [2.05, 4.69) is 37.0 Å². The van der Waals surface area contributed by atoms with E-state index in [1.807, 2.05) is 12.2 Å². The molecule has 0 fully saturated rings. The van der Waals surface area contributed by atoms with Gasteiger partial charge in [0.15, 0.2) is 0 Å². The Bertz CT molecular complexity index is 247. The lowest BCUT2D eigenvalue weighted by molar-refractivity contribution is 1.17. The maximum absolute atomic E-state index is 3.95. The molecule has 0 rings (SSSR count). The van der Waals surface area contributed by atoms with E-state index in [9.17, 15) is 0 Å². The van der Waals surface area contributed by atoms with Gasteiger partial charge < -0.3 is 5.32 Å². The number of nitrogens with zero attached hydrogens (tertiary/aromatic N) is 1. The van der Waals surface area contributed by atoms with Crippen molar-refractivity contribution >= 4 is 6.34 Å². The van der Waals surface area contributed by atoms with Crippen LogP contribution in [0, 0.1) is 0 Å². The zero-order chi connectivity index (χ0) is 10.1. The summed E-state index contributed by atoms with van der Waals surface area (Å²) in [5.41, 5.74) is 1.43. The Morgan fingerprint density at radius 1 is 1.46 bits per heavy atom. The monoisotopic (exact) mass is 176 g/mol. The molecule has 0 radical (unpaired) electrons. The summed E-state index contributed by atoms with van der Waals surface area (Å²) in [6, 6.07) is 0. The van der Waals surface area contributed by atoms with E-state index in [0.29, 0.717) is 5.70 Å². The van der Waals surface area contributed by atoms with Gasteiger partial charge in [0.25, 0.3) is 0 Å². The molecule has 0 heterocycles. The predicted molar refractivity (Wildman–Crippen MR) is 59.5 cm³/mol. The van der Waals surface area contributed by atoms with E-state index in [-0.39, 0.29) is 0 Å². The molecule has 0 aromatic carbocycles. The van der Waals surface area contributed by atoms with Crippen LogP contribution in [0.5, 0.6) is 0 Å². The van der Waals surface area contributed by atoms with Crippen molar-refractivity contribution in [3.8, 4) is 0 Å². The van der Waals surface area contributed by atoms with Crippen molar-refractivity contribution < 1.29 is 0 Å². The molecule has 13 heavy (non-hydrogen) atoms. The van der Waals surface area contributed by atoms with Gasteiger partial charge in [-0.1, -0.05) is 32.7 Å². The van der Waals surface area contributed by atoms with Crippen LogP contribution in [0.3, 0.4) is 0 Å². The molecule has 0 aromatic heterocycles. The van der Waals surface area contributed by atoms with Gasteiger partial charge in [0.2, 0.25) is 0 Å². The first-order valence-electron chi connectivity index (χ1n) is 4.16. The van der Waals surface area contributed by atoms with Crippen molar-refractivity contribution in [2.75, 3.05) is 0 Å². The number of hydrogen-bond acceptors (Lipinski definition) is 1. The van der Waals surface area contributed by atoms with Gasteiger partial charge in [-0.25, -0.2) is 4.99 Å². The highest BCUT2D eigenvalue weighted by Crippen LogP contribution is 1.91. The maximum Gasteiger partial charge on any atom is 0.0929 e. The Hall–Kier alpha value is -1.57. The lowest BCUT2D eigenvalue weighted by Crippen LogP contribution is -2.07. The van der Waals surface area contributed by atoms with Crippen LogP contribution in [0.4, 0.5) is 0 Å². The molecule has 2 nitrogen and oxygen atoms in total. The number of allylic oxidation sites excluding steroid dienone is 3. The second kappa shape index (κ2) is 7.10. The van der Waals surface area contributed by atoms with Crippen LogP contribution in [-0.2, 0) is 0 Å². The summed E-state index contributed by atoms with van der Waals surface area (Å²) in [6.07, 6.45) is 8.06. The number of aliphatic imine (C=N–C) groups is 1. The Labute approximate surface area is 80.1 Å². The van der Waals surface area contributed by atoms with Gasteiger partial charge in [-0.2, -0.15) is 0 Å². The fourth-order valence-corrected chi connectivity index (χ4v) is 0.559. The summed E-state index contributed by atoms with van der Waals surface area (Å²) in [5.74, 6) is 0. The Morgan fingerprint density at radius 2 is 2.15 bits per heavy atom. The third-order valence-corrected chi connectivity index (χ3v) is 1.27. The first-order valence-corrected chi connectivity index (χ1v) is 4.16. The van der Waals surface area contributed by atoms with Crippen LogP contribution in [0.1, 0.15) is 13.3 Å². The van der Waals surface area contributed by atoms with Crippen molar-refractivity contribution in [3.63, 3.8) is 0 Å². The van der Waals surface area contributed by atoms with Gasteiger partial charge in [-0.3, -0.25) is 0 Å². The molecule has 0 bridgehead atoms. The number of nitrogens with one attached hydrogen (secondary N) is 1. The van der Waals surface area contributed by atoms with Crippen LogP contribution in [0.25, 0.3) is 0 Å². The highest BCUT2D eigenvalue weighted by molar-refractivity contribution is 5.60. The molecule has 0 amide bonds. The maximum atomic E-state index is 3.95. The van der Waals surface area contributed by atoms with Crippen LogP contribution >= 0.6 is 0 Å². The van der Waals surface area contributed by atoms with E-state index >= 15 is 0 Å². The SMILES string of the molecule is C=CC(=C)N=CNC(=C)/C=C\CC. The summed E-state index contributed by atoms with van der Waals surface area (Å²) in [6.45, 7) is 13.0. The Kier molecular flexibility index (Phi) is 6.24. The van der Waals surface area contributed by atoms with E-state index in [4.69, 9.17) is 0 Å². The van der Waals surface area contributed by atoms with Gasteiger partial charge in [0, 0.05) is 5.70 Å². The molecule has 0 aliphatic heterocycles. The molecule has 0 aliphatic carbocycles. The zero-order valence-electron chi connectivity index (χ0n) is 8.09. The average molecular weight is 176 g/mol. The summed E-state index contributed by atoms with van der Waals surface area (Å²) in [5, 5.41) is 2.90. The van der Waals surface area contributed by atoms with Gasteiger partial charge in [0.05, 0.1) is 12.0 Å². The third-order valence-electron chi connectivity index (χ3n) is 1.27. The fourth-order valence-electron chi connectivity index (χ4n) is 0.559. The van der Waals surface area contributed by atoms with Gasteiger partial charge in [-0.15, -0.1) is 0 Å². The van der Waals surface area contributed by atoms with Gasteiger partial charge in [-0.05, 0) is 18.6 Å². The summed E-state index contributed by atoms with van der Waals surface area (Å²) < 4.78 is 0. The molecule has 70 valence electrons. The topological polar surface area (TPSA) is 24.4 Å². The highest BCUT2D eigenvalue weighted by atomic mass is 14.9. The van der Waals surface area contributed by atoms with Crippen LogP contribution in [0.2, 0.25) is 0 Å². The Morgan fingerprint density at radius 3 is 2.69 bits per heavy atom. The van der Waals surface area contributed by atoms with Crippen LogP contribution < -0.4 is 5.32 Å². The molecule has 0 saturated heterocycles. The largest absolute Gasteiger partial charge is 0.347 e. The highest BCUT2D eigenvalue weighted by Gasteiger charge is 1.81.